The van der Waals surface area contributed by atoms with E-state index in [1.54, 1.807) is 17.0 Å². The lowest BCUT2D eigenvalue weighted by Crippen LogP contribution is -2.32. The minimum Gasteiger partial charge on any atom is -0.481 e. The molecule has 124 valence electrons. The molecule has 1 saturated heterocycles. The maximum absolute atomic E-state index is 12.6. The maximum atomic E-state index is 12.6. The van der Waals surface area contributed by atoms with Crippen LogP contribution in [0.25, 0.3) is 0 Å². The van der Waals surface area contributed by atoms with Crippen molar-refractivity contribution in [2.45, 2.75) is 26.4 Å². The molecule has 2 aromatic carbocycles. The van der Waals surface area contributed by atoms with Gasteiger partial charge in [-0.25, -0.2) is 4.79 Å². The van der Waals surface area contributed by atoms with Gasteiger partial charge in [-0.2, -0.15) is 0 Å². The van der Waals surface area contributed by atoms with Crippen LogP contribution in [0.4, 0.5) is 5.69 Å². The number of rotatable bonds is 4. The largest absolute Gasteiger partial charge is 0.481 e. The van der Waals surface area contributed by atoms with Gasteiger partial charge in [0.15, 0.2) is 6.10 Å². The van der Waals surface area contributed by atoms with Crippen molar-refractivity contribution < 1.29 is 19.4 Å². The van der Waals surface area contributed by atoms with Crippen molar-refractivity contribution in [1.29, 1.82) is 0 Å². The van der Waals surface area contributed by atoms with E-state index < -0.39 is 12.1 Å². The molecule has 5 nitrogen and oxygen atoms in total. The van der Waals surface area contributed by atoms with Gasteiger partial charge in [0.2, 0.25) is 0 Å². The van der Waals surface area contributed by atoms with Crippen molar-refractivity contribution in [1.82, 2.24) is 0 Å². The smallest absolute Gasteiger partial charge is 0.335 e. The number of carbonyl (C=O) groups excluding carboxylic acids is 1. The van der Waals surface area contributed by atoms with E-state index in [1.807, 2.05) is 32.0 Å². The number of benzene rings is 2. The Morgan fingerprint density at radius 3 is 2.67 bits per heavy atom. The molecule has 1 unspecified atom stereocenters. The van der Waals surface area contributed by atoms with E-state index in [2.05, 4.69) is 0 Å². The van der Waals surface area contributed by atoms with Gasteiger partial charge < -0.3 is 14.7 Å². The van der Waals surface area contributed by atoms with Crippen molar-refractivity contribution in [2.75, 3.05) is 11.4 Å². The quantitative estimate of drug-likeness (QED) is 0.937. The van der Waals surface area contributed by atoms with E-state index in [1.165, 1.54) is 17.7 Å². The predicted octanol–water partition coefficient (Wildman–Crippen LogP) is 3.19. The molecule has 1 fully saturated rings. The fourth-order valence-corrected chi connectivity index (χ4v) is 2.78. The summed E-state index contributed by atoms with van der Waals surface area (Å²) >= 11 is 0. The van der Waals surface area contributed by atoms with Crippen molar-refractivity contribution in [2.24, 2.45) is 0 Å². The van der Waals surface area contributed by atoms with Crippen molar-refractivity contribution in [3.63, 3.8) is 0 Å². The number of anilines is 1. The molecular formula is C19H19NO4. The summed E-state index contributed by atoms with van der Waals surface area (Å²) in [4.78, 5) is 25.3. The third-order valence-electron chi connectivity index (χ3n) is 4.32. The fraction of sp³-hybridized carbons (Fsp3) is 0.263. The number of aryl methyl sites for hydroxylation is 2. The molecule has 1 atom stereocenters. The number of carboxylic acids is 1. The van der Waals surface area contributed by atoms with Crippen molar-refractivity contribution >= 4 is 17.6 Å². The zero-order valence-electron chi connectivity index (χ0n) is 13.7. The average Bonchev–Trinajstić information content (AvgIpc) is 2.92. The van der Waals surface area contributed by atoms with Crippen LogP contribution >= 0.6 is 0 Å². The molecule has 0 radical (unpaired) electrons. The molecule has 0 bridgehead atoms. The second-order valence-corrected chi connectivity index (χ2v) is 5.99. The molecule has 1 aliphatic rings. The van der Waals surface area contributed by atoms with Crippen LogP contribution in [-0.4, -0.2) is 29.6 Å². The highest BCUT2D eigenvalue weighted by atomic mass is 16.5. The standard InChI is InChI=1S/C19H19NO4/c1-12-6-7-16(10-13(12)2)24-17-8-9-20(18(17)21)15-5-3-4-14(11-15)19(22)23/h3-7,10-11,17H,8-9H2,1-2H3,(H,22,23). The minimum atomic E-state index is -1.01. The molecule has 1 N–H and O–H groups in total. The third kappa shape index (κ3) is 3.11. The van der Waals surface area contributed by atoms with Crippen molar-refractivity contribution in [3.05, 3.63) is 59.2 Å². The summed E-state index contributed by atoms with van der Waals surface area (Å²) in [5.41, 5.74) is 3.04. The fourth-order valence-electron chi connectivity index (χ4n) is 2.78. The minimum absolute atomic E-state index is 0.143. The molecule has 2 aromatic rings. The summed E-state index contributed by atoms with van der Waals surface area (Å²) in [6, 6.07) is 12.2. The molecule has 0 aliphatic carbocycles. The van der Waals surface area contributed by atoms with E-state index in [0.717, 1.165) is 5.56 Å². The summed E-state index contributed by atoms with van der Waals surface area (Å²) in [6.07, 6.45) is 0.0314. The first-order valence-corrected chi connectivity index (χ1v) is 7.84. The summed E-state index contributed by atoms with van der Waals surface area (Å²) in [5, 5.41) is 9.09. The lowest BCUT2D eigenvalue weighted by molar-refractivity contribution is -0.122. The van der Waals surface area contributed by atoms with Gasteiger partial charge in [-0.3, -0.25) is 4.79 Å². The second kappa shape index (κ2) is 6.35. The van der Waals surface area contributed by atoms with Gasteiger partial charge in [0.05, 0.1) is 5.56 Å². The van der Waals surface area contributed by atoms with Crippen LogP contribution in [0.2, 0.25) is 0 Å². The Bertz CT molecular complexity index is 800. The molecule has 1 heterocycles. The number of hydrogen-bond donors (Lipinski definition) is 1. The van der Waals surface area contributed by atoms with Crippen LogP contribution < -0.4 is 9.64 Å². The average molecular weight is 325 g/mol. The summed E-state index contributed by atoms with van der Waals surface area (Å²) < 4.78 is 5.85. The number of ether oxygens (including phenoxy) is 1. The molecule has 24 heavy (non-hydrogen) atoms. The first-order chi connectivity index (χ1) is 11.5. The van der Waals surface area contributed by atoms with Crippen molar-refractivity contribution in [3.8, 4) is 5.75 Å². The summed E-state index contributed by atoms with van der Waals surface area (Å²) in [6.45, 7) is 4.54. The molecule has 1 aliphatic heterocycles. The van der Waals surface area contributed by atoms with Crippen LogP contribution in [0.3, 0.4) is 0 Å². The van der Waals surface area contributed by atoms with Crippen LogP contribution in [0, 0.1) is 13.8 Å². The topological polar surface area (TPSA) is 66.8 Å². The Hall–Kier alpha value is -2.82. The van der Waals surface area contributed by atoms with E-state index in [0.29, 0.717) is 24.4 Å². The predicted molar refractivity (Wildman–Crippen MR) is 90.7 cm³/mol. The maximum Gasteiger partial charge on any atom is 0.335 e. The van der Waals surface area contributed by atoms with Gasteiger partial charge in [0, 0.05) is 18.7 Å². The highest BCUT2D eigenvalue weighted by Crippen LogP contribution is 2.26. The zero-order valence-corrected chi connectivity index (χ0v) is 13.7. The normalized spacial score (nSPS) is 17.2. The van der Waals surface area contributed by atoms with Gasteiger partial charge >= 0.3 is 5.97 Å². The van der Waals surface area contributed by atoms with E-state index in [-0.39, 0.29) is 11.5 Å². The Labute approximate surface area is 140 Å². The number of nitrogens with zero attached hydrogens (tertiary/aromatic N) is 1. The number of aromatic carboxylic acids is 1. The zero-order chi connectivity index (χ0) is 17.3. The lowest BCUT2D eigenvalue weighted by atomic mass is 10.1. The lowest BCUT2D eigenvalue weighted by Gasteiger charge is -2.18. The molecule has 3 rings (SSSR count). The monoisotopic (exact) mass is 325 g/mol. The molecule has 5 heteroatoms. The second-order valence-electron chi connectivity index (χ2n) is 5.99. The first-order valence-electron chi connectivity index (χ1n) is 7.84. The highest BCUT2D eigenvalue weighted by molar-refractivity contribution is 6.00. The Balaban J connectivity index is 1.76. The number of carbonyl (C=O) groups is 2. The summed E-state index contributed by atoms with van der Waals surface area (Å²) in [5.74, 6) is -0.472. The van der Waals surface area contributed by atoms with E-state index >= 15 is 0 Å². The number of amides is 1. The molecular weight excluding hydrogens is 306 g/mol. The highest BCUT2D eigenvalue weighted by Gasteiger charge is 2.34. The van der Waals surface area contributed by atoms with Gasteiger partial charge in [-0.15, -0.1) is 0 Å². The van der Waals surface area contributed by atoms with Gasteiger partial charge in [0.25, 0.3) is 5.91 Å². The molecule has 1 amide bonds. The van der Waals surface area contributed by atoms with Crippen LogP contribution in [0.5, 0.6) is 5.75 Å². The Morgan fingerprint density at radius 2 is 1.96 bits per heavy atom. The Kier molecular flexibility index (Phi) is 4.25. The molecule has 0 aromatic heterocycles. The van der Waals surface area contributed by atoms with E-state index in [9.17, 15) is 9.59 Å². The van der Waals surface area contributed by atoms with Gasteiger partial charge in [0.1, 0.15) is 5.75 Å². The van der Waals surface area contributed by atoms with E-state index in [4.69, 9.17) is 9.84 Å². The Morgan fingerprint density at radius 1 is 1.17 bits per heavy atom. The van der Waals surface area contributed by atoms with Gasteiger partial charge in [-0.1, -0.05) is 12.1 Å². The van der Waals surface area contributed by atoms with Crippen LogP contribution in [-0.2, 0) is 4.79 Å². The molecule has 0 spiro atoms. The number of carboxylic acid groups (broad SMARTS) is 1. The van der Waals surface area contributed by atoms with Crippen LogP contribution in [0.15, 0.2) is 42.5 Å². The first kappa shape index (κ1) is 16.1. The van der Waals surface area contributed by atoms with Gasteiger partial charge in [-0.05, 0) is 55.3 Å². The third-order valence-corrected chi connectivity index (χ3v) is 4.32. The number of hydrogen-bond acceptors (Lipinski definition) is 3. The van der Waals surface area contributed by atoms with Crippen LogP contribution in [0.1, 0.15) is 27.9 Å². The molecule has 0 saturated carbocycles. The SMILES string of the molecule is Cc1ccc(OC2CCN(c3cccc(C(=O)O)c3)C2=O)cc1C. The summed E-state index contributed by atoms with van der Waals surface area (Å²) in [7, 11) is 0.